The molecule has 2 fully saturated rings. The summed E-state index contributed by atoms with van der Waals surface area (Å²) in [4.78, 5) is 53.3. The van der Waals surface area contributed by atoms with Crippen LogP contribution in [0.15, 0.2) is 42.5 Å². The van der Waals surface area contributed by atoms with Crippen LogP contribution in [-0.2, 0) is 31.3 Å². The van der Waals surface area contributed by atoms with E-state index in [1.807, 2.05) is 0 Å². The summed E-state index contributed by atoms with van der Waals surface area (Å²) < 4.78 is 0. The van der Waals surface area contributed by atoms with Crippen molar-refractivity contribution in [3.8, 4) is 0 Å². The Morgan fingerprint density at radius 2 is 1.75 bits per heavy atom. The van der Waals surface area contributed by atoms with Gasteiger partial charge in [0.05, 0.1) is 29.1 Å². The molecule has 4 unspecified atom stereocenters. The number of carbonyl (C=O) groups excluding carboxylic acids is 4. The van der Waals surface area contributed by atoms with Gasteiger partial charge in [-0.05, 0) is 17.7 Å². The Kier molecular flexibility index (Phi) is 4.77. The highest BCUT2D eigenvalue weighted by atomic mass is 35.5. The summed E-state index contributed by atoms with van der Waals surface area (Å²) in [5.41, 5.74) is 5.35. The second-order valence-corrected chi connectivity index (χ2v) is 9.02. The van der Waals surface area contributed by atoms with Gasteiger partial charge in [-0.15, -0.1) is 0 Å². The predicted molar refractivity (Wildman–Crippen MR) is 116 cm³/mol. The Labute approximate surface area is 193 Å². The molecular formula is C22H18Cl2N4O4. The number of amides is 4. The van der Waals surface area contributed by atoms with Crippen LogP contribution in [0.1, 0.15) is 17.5 Å². The Morgan fingerprint density at radius 3 is 2.47 bits per heavy atom. The van der Waals surface area contributed by atoms with Crippen LogP contribution in [0.4, 0.5) is 5.69 Å². The Hall–Kier alpha value is -2.94. The lowest BCUT2D eigenvalue weighted by Gasteiger charge is -2.29. The normalized spacial score (nSPS) is 28.2. The summed E-state index contributed by atoms with van der Waals surface area (Å²) in [5, 5.41) is 6.60. The molecule has 164 valence electrons. The summed E-state index contributed by atoms with van der Waals surface area (Å²) in [6.45, 7) is -0.0340. The predicted octanol–water partition coefficient (Wildman–Crippen LogP) is 1.79. The number of hydrogen-bond acceptors (Lipinski definition) is 5. The van der Waals surface area contributed by atoms with Gasteiger partial charge in [-0.3, -0.25) is 29.4 Å². The van der Waals surface area contributed by atoms with Crippen molar-refractivity contribution in [1.29, 1.82) is 0 Å². The molecule has 5 rings (SSSR count). The highest BCUT2D eigenvalue weighted by Gasteiger charge is 2.70. The molecule has 0 bridgehead atoms. The molecule has 2 aromatic carbocycles. The number of rotatable bonds is 4. The van der Waals surface area contributed by atoms with Gasteiger partial charge in [-0.1, -0.05) is 53.5 Å². The molecule has 0 aromatic heterocycles. The highest BCUT2D eigenvalue weighted by molar-refractivity contribution is 6.35. The Bertz CT molecular complexity index is 1200. The van der Waals surface area contributed by atoms with Crippen molar-refractivity contribution in [3.63, 3.8) is 0 Å². The van der Waals surface area contributed by atoms with Crippen molar-refractivity contribution in [1.82, 2.24) is 10.2 Å². The SMILES string of the molecule is NC(=O)CC1NC2(C(=O)Nc3c(Cl)cccc32)C2C(=O)N(Cc3ccccc3Cl)C(=O)C12. The third-order valence-electron chi connectivity index (χ3n) is 6.50. The van der Waals surface area contributed by atoms with E-state index < -0.39 is 47.0 Å². The third kappa shape index (κ3) is 2.80. The Balaban J connectivity index is 1.62. The van der Waals surface area contributed by atoms with E-state index in [4.69, 9.17) is 28.9 Å². The second-order valence-electron chi connectivity index (χ2n) is 8.20. The molecule has 3 aliphatic heterocycles. The van der Waals surface area contributed by atoms with Gasteiger partial charge in [-0.25, -0.2) is 0 Å². The van der Waals surface area contributed by atoms with Gasteiger partial charge in [0, 0.05) is 23.0 Å². The maximum atomic E-state index is 13.6. The zero-order valence-electron chi connectivity index (χ0n) is 16.6. The molecule has 32 heavy (non-hydrogen) atoms. The maximum absolute atomic E-state index is 13.6. The van der Waals surface area contributed by atoms with Crippen LogP contribution in [0.2, 0.25) is 10.0 Å². The monoisotopic (exact) mass is 472 g/mol. The third-order valence-corrected chi connectivity index (χ3v) is 7.18. The largest absolute Gasteiger partial charge is 0.370 e. The minimum Gasteiger partial charge on any atom is -0.370 e. The first-order valence-electron chi connectivity index (χ1n) is 10.0. The molecule has 8 nitrogen and oxygen atoms in total. The van der Waals surface area contributed by atoms with Crippen molar-refractivity contribution in [2.45, 2.75) is 24.5 Å². The van der Waals surface area contributed by atoms with Crippen LogP contribution < -0.4 is 16.4 Å². The highest BCUT2D eigenvalue weighted by Crippen LogP contribution is 2.54. The van der Waals surface area contributed by atoms with E-state index in [0.717, 1.165) is 4.90 Å². The smallest absolute Gasteiger partial charge is 0.250 e. The second kappa shape index (κ2) is 7.30. The average molecular weight is 473 g/mol. The zero-order chi connectivity index (χ0) is 22.8. The van der Waals surface area contributed by atoms with E-state index in [0.29, 0.717) is 26.9 Å². The number of nitrogens with zero attached hydrogens (tertiary/aromatic N) is 1. The average Bonchev–Trinajstić information content (AvgIpc) is 3.31. The number of nitrogens with two attached hydrogens (primary N) is 1. The van der Waals surface area contributed by atoms with Crippen molar-refractivity contribution in [2.24, 2.45) is 17.6 Å². The number of halogens is 2. The number of imide groups is 1. The summed E-state index contributed by atoms with van der Waals surface area (Å²) in [5.74, 6) is -4.12. The molecule has 0 saturated carbocycles. The van der Waals surface area contributed by atoms with Crippen molar-refractivity contribution < 1.29 is 19.2 Å². The fraction of sp³-hybridized carbons (Fsp3) is 0.273. The van der Waals surface area contributed by atoms with E-state index in [9.17, 15) is 19.2 Å². The molecule has 3 aliphatic rings. The van der Waals surface area contributed by atoms with Crippen molar-refractivity contribution in [3.05, 3.63) is 63.6 Å². The van der Waals surface area contributed by atoms with Crippen LogP contribution in [0.5, 0.6) is 0 Å². The van der Waals surface area contributed by atoms with Crippen molar-refractivity contribution in [2.75, 3.05) is 5.32 Å². The first-order valence-corrected chi connectivity index (χ1v) is 10.8. The van der Waals surface area contributed by atoms with Gasteiger partial charge < -0.3 is 11.1 Å². The lowest BCUT2D eigenvalue weighted by atomic mass is 9.76. The van der Waals surface area contributed by atoms with Crippen LogP contribution in [0.25, 0.3) is 0 Å². The fourth-order valence-electron chi connectivity index (χ4n) is 5.20. The lowest BCUT2D eigenvalue weighted by Crippen LogP contribution is -2.53. The molecule has 1 spiro atoms. The minimum atomic E-state index is -1.53. The molecule has 4 N–H and O–H groups in total. The number of hydrogen-bond donors (Lipinski definition) is 3. The molecule has 2 aromatic rings. The van der Waals surface area contributed by atoms with E-state index >= 15 is 0 Å². The van der Waals surface area contributed by atoms with Crippen molar-refractivity contribution >= 4 is 52.5 Å². The topological polar surface area (TPSA) is 122 Å². The number of primary amides is 1. The van der Waals surface area contributed by atoms with Gasteiger partial charge in [0.1, 0.15) is 5.54 Å². The minimum absolute atomic E-state index is 0.0340. The molecule has 0 radical (unpaired) electrons. The van der Waals surface area contributed by atoms with E-state index in [-0.39, 0.29) is 13.0 Å². The first kappa shape index (κ1) is 20.9. The Morgan fingerprint density at radius 1 is 1.03 bits per heavy atom. The molecule has 2 saturated heterocycles. The summed E-state index contributed by atoms with van der Waals surface area (Å²) in [6, 6.07) is 11.1. The van der Waals surface area contributed by atoms with E-state index in [2.05, 4.69) is 10.6 Å². The lowest BCUT2D eigenvalue weighted by molar-refractivity contribution is -0.143. The fourth-order valence-corrected chi connectivity index (χ4v) is 5.61. The van der Waals surface area contributed by atoms with Gasteiger partial charge in [0.15, 0.2) is 0 Å². The molecule has 0 aliphatic carbocycles. The molecule has 4 amide bonds. The molecule has 10 heteroatoms. The number of para-hydroxylation sites is 1. The number of benzene rings is 2. The standard InChI is InChI=1S/C22H18Cl2N4O4/c23-12-6-2-1-4-10(12)9-28-19(30)16-14(8-15(25)29)27-22(17(16)20(28)31)11-5-3-7-13(24)18(11)26-21(22)32/h1-7,14,16-17,27H,8-9H2,(H2,25,29)(H,26,32). The zero-order valence-corrected chi connectivity index (χ0v) is 18.1. The summed E-state index contributed by atoms with van der Waals surface area (Å²) in [6.07, 6.45) is -0.203. The van der Waals surface area contributed by atoms with E-state index in [1.165, 1.54) is 0 Å². The molecular weight excluding hydrogens is 455 g/mol. The van der Waals surface area contributed by atoms with Crippen LogP contribution >= 0.6 is 23.2 Å². The summed E-state index contributed by atoms with van der Waals surface area (Å²) >= 11 is 12.5. The van der Waals surface area contributed by atoms with Gasteiger partial charge in [-0.2, -0.15) is 0 Å². The number of anilines is 1. The summed E-state index contributed by atoms with van der Waals surface area (Å²) in [7, 11) is 0. The van der Waals surface area contributed by atoms with Gasteiger partial charge in [0.25, 0.3) is 0 Å². The number of carbonyl (C=O) groups is 4. The first-order chi connectivity index (χ1) is 15.3. The quantitative estimate of drug-likeness (QED) is 0.585. The number of likely N-dealkylation sites (tertiary alicyclic amines) is 1. The maximum Gasteiger partial charge on any atom is 0.250 e. The van der Waals surface area contributed by atoms with Crippen LogP contribution in [0, 0.1) is 11.8 Å². The molecule has 3 heterocycles. The van der Waals surface area contributed by atoms with Gasteiger partial charge in [0.2, 0.25) is 23.6 Å². The number of nitrogens with one attached hydrogen (secondary N) is 2. The number of fused-ring (bicyclic) bond motifs is 4. The van der Waals surface area contributed by atoms with Crippen LogP contribution in [-0.4, -0.2) is 34.6 Å². The van der Waals surface area contributed by atoms with Gasteiger partial charge >= 0.3 is 0 Å². The van der Waals surface area contributed by atoms with Crippen LogP contribution in [0.3, 0.4) is 0 Å². The molecule has 4 atom stereocenters. The van der Waals surface area contributed by atoms with E-state index in [1.54, 1.807) is 42.5 Å².